The van der Waals surface area contributed by atoms with Gasteiger partial charge in [-0.1, -0.05) is 12.1 Å². The van der Waals surface area contributed by atoms with Crippen LogP contribution in [0, 0.1) is 0 Å². The number of benzene rings is 1. The Morgan fingerprint density at radius 3 is 3.04 bits per heavy atom. The van der Waals surface area contributed by atoms with Crippen molar-refractivity contribution in [1.82, 2.24) is 14.9 Å². The number of aromatic nitrogens is 2. The quantitative estimate of drug-likeness (QED) is 0.667. The summed E-state index contributed by atoms with van der Waals surface area (Å²) in [7, 11) is 0. The molecule has 7 heteroatoms. The van der Waals surface area contributed by atoms with Gasteiger partial charge in [0.25, 0.3) is 5.56 Å². The number of amides is 1. The van der Waals surface area contributed by atoms with Crippen molar-refractivity contribution < 1.29 is 13.9 Å². The van der Waals surface area contributed by atoms with Crippen molar-refractivity contribution in [2.75, 3.05) is 19.8 Å². The maximum absolute atomic E-state index is 12.5. The molecule has 1 amide bonds. The van der Waals surface area contributed by atoms with Crippen LogP contribution in [0.2, 0.25) is 0 Å². The van der Waals surface area contributed by atoms with Crippen LogP contribution in [0.15, 0.2) is 39.8 Å². The Bertz CT molecular complexity index is 913. The van der Waals surface area contributed by atoms with E-state index in [1.807, 2.05) is 25.1 Å². The number of carbonyl (C=O) groups excluding carboxylic acids is 1. The number of nitrogens with zero attached hydrogens (tertiary/aromatic N) is 2. The van der Waals surface area contributed by atoms with E-state index in [1.54, 1.807) is 6.07 Å². The molecule has 0 bridgehead atoms. The molecule has 0 aliphatic rings. The lowest BCUT2D eigenvalue weighted by atomic mass is 10.2. The second-order valence-electron chi connectivity index (χ2n) is 5.35. The van der Waals surface area contributed by atoms with Gasteiger partial charge in [-0.25, -0.2) is 4.98 Å². The highest BCUT2D eigenvalue weighted by molar-refractivity contribution is 6.01. The van der Waals surface area contributed by atoms with Crippen LogP contribution in [-0.4, -0.2) is 35.2 Å². The van der Waals surface area contributed by atoms with Gasteiger partial charge in [0.05, 0.1) is 6.33 Å². The van der Waals surface area contributed by atoms with Crippen molar-refractivity contribution in [3.8, 4) is 0 Å². The average Bonchev–Trinajstić information content (AvgIpc) is 2.97. The molecular weight excluding hydrogens is 310 g/mol. The summed E-state index contributed by atoms with van der Waals surface area (Å²) >= 11 is 0. The van der Waals surface area contributed by atoms with Crippen LogP contribution in [0.1, 0.15) is 13.3 Å². The molecule has 0 saturated heterocycles. The molecule has 7 nitrogen and oxygen atoms in total. The second-order valence-corrected chi connectivity index (χ2v) is 5.35. The molecule has 2 heterocycles. The molecule has 0 aliphatic carbocycles. The largest absolute Gasteiger partial charge is 0.448 e. The number of para-hydroxylation sites is 1. The number of fused-ring (bicyclic) bond motifs is 3. The van der Waals surface area contributed by atoms with Crippen LogP contribution in [-0.2, 0) is 16.1 Å². The Labute approximate surface area is 138 Å². The third-order valence-electron chi connectivity index (χ3n) is 3.66. The molecule has 1 N–H and O–H groups in total. The van der Waals surface area contributed by atoms with Gasteiger partial charge in [0.1, 0.15) is 17.6 Å². The fraction of sp³-hybridized carbons (Fsp3) is 0.353. The zero-order chi connectivity index (χ0) is 16.9. The van der Waals surface area contributed by atoms with Gasteiger partial charge in [-0.3, -0.25) is 14.2 Å². The highest BCUT2D eigenvalue weighted by Crippen LogP contribution is 2.23. The molecular formula is C17H19N3O4. The highest BCUT2D eigenvalue weighted by atomic mass is 16.5. The molecule has 126 valence electrons. The van der Waals surface area contributed by atoms with Gasteiger partial charge in [0, 0.05) is 25.1 Å². The Balaban J connectivity index is 1.73. The van der Waals surface area contributed by atoms with Gasteiger partial charge < -0.3 is 14.5 Å². The standard InChI is InChI=1S/C17H19N3O4/c1-2-23-9-5-8-18-14(21)10-20-11-19-15-12-6-3-4-7-13(12)24-16(15)17(20)22/h3-4,6-7,11H,2,5,8-10H2,1H3,(H,18,21). The SMILES string of the molecule is CCOCCCNC(=O)Cn1cnc2c(oc3ccccc32)c1=O. The number of hydrogen-bond acceptors (Lipinski definition) is 5. The van der Waals surface area contributed by atoms with Crippen molar-refractivity contribution in [2.45, 2.75) is 19.9 Å². The van der Waals surface area contributed by atoms with Crippen LogP contribution >= 0.6 is 0 Å². The van der Waals surface area contributed by atoms with E-state index in [2.05, 4.69) is 10.3 Å². The number of hydrogen-bond donors (Lipinski definition) is 1. The van der Waals surface area contributed by atoms with Crippen molar-refractivity contribution in [3.63, 3.8) is 0 Å². The summed E-state index contributed by atoms with van der Waals surface area (Å²) in [4.78, 5) is 28.7. The molecule has 0 unspecified atom stereocenters. The van der Waals surface area contributed by atoms with Gasteiger partial charge in [-0.15, -0.1) is 0 Å². The van der Waals surface area contributed by atoms with Crippen LogP contribution in [0.3, 0.4) is 0 Å². The Kier molecular flexibility index (Phi) is 4.90. The number of carbonyl (C=O) groups is 1. The number of ether oxygens (including phenoxy) is 1. The van der Waals surface area contributed by atoms with E-state index in [1.165, 1.54) is 10.9 Å². The molecule has 0 saturated carbocycles. The topological polar surface area (TPSA) is 86.4 Å². The van der Waals surface area contributed by atoms with E-state index in [0.29, 0.717) is 30.9 Å². The first-order valence-corrected chi connectivity index (χ1v) is 7.92. The molecule has 2 aromatic heterocycles. The predicted molar refractivity (Wildman–Crippen MR) is 89.9 cm³/mol. The normalized spacial score (nSPS) is 11.2. The first-order valence-electron chi connectivity index (χ1n) is 7.92. The van der Waals surface area contributed by atoms with Gasteiger partial charge in [0.15, 0.2) is 0 Å². The molecule has 3 rings (SSSR count). The van der Waals surface area contributed by atoms with Crippen molar-refractivity contribution in [3.05, 3.63) is 40.9 Å². The lowest BCUT2D eigenvalue weighted by molar-refractivity contribution is -0.121. The molecule has 24 heavy (non-hydrogen) atoms. The monoisotopic (exact) mass is 329 g/mol. The van der Waals surface area contributed by atoms with E-state index in [-0.39, 0.29) is 23.6 Å². The van der Waals surface area contributed by atoms with Crippen LogP contribution in [0.4, 0.5) is 0 Å². The summed E-state index contributed by atoms with van der Waals surface area (Å²) in [5.41, 5.74) is 0.933. The van der Waals surface area contributed by atoms with Gasteiger partial charge in [0.2, 0.25) is 11.5 Å². The molecule has 1 aromatic carbocycles. The average molecular weight is 329 g/mol. The van der Waals surface area contributed by atoms with Gasteiger partial charge in [-0.05, 0) is 25.5 Å². The fourth-order valence-corrected chi connectivity index (χ4v) is 2.48. The van der Waals surface area contributed by atoms with Crippen molar-refractivity contribution >= 4 is 28.0 Å². The van der Waals surface area contributed by atoms with E-state index in [4.69, 9.17) is 9.15 Å². The minimum Gasteiger partial charge on any atom is -0.448 e. The third-order valence-corrected chi connectivity index (χ3v) is 3.66. The molecule has 0 fully saturated rings. The maximum atomic E-state index is 12.5. The zero-order valence-corrected chi connectivity index (χ0v) is 13.4. The Morgan fingerprint density at radius 1 is 1.38 bits per heavy atom. The lowest BCUT2D eigenvalue weighted by Gasteiger charge is -2.07. The van der Waals surface area contributed by atoms with Gasteiger partial charge >= 0.3 is 0 Å². The maximum Gasteiger partial charge on any atom is 0.297 e. The number of furan rings is 1. The molecule has 0 spiro atoms. The van der Waals surface area contributed by atoms with E-state index < -0.39 is 0 Å². The molecule has 3 aromatic rings. The first kappa shape index (κ1) is 16.2. The predicted octanol–water partition coefficient (Wildman–Crippen LogP) is 1.69. The van der Waals surface area contributed by atoms with Gasteiger partial charge in [-0.2, -0.15) is 0 Å². The summed E-state index contributed by atoms with van der Waals surface area (Å²) in [5.74, 6) is -0.245. The van der Waals surface area contributed by atoms with Crippen molar-refractivity contribution in [2.24, 2.45) is 0 Å². The highest BCUT2D eigenvalue weighted by Gasteiger charge is 2.14. The first-order chi connectivity index (χ1) is 11.7. The van der Waals surface area contributed by atoms with E-state index in [9.17, 15) is 9.59 Å². The molecule has 0 aliphatic heterocycles. The Hall–Kier alpha value is -2.67. The summed E-state index contributed by atoms with van der Waals surface area (Å²) in [6, 6.07) is 7.33. The molecule has 0 atom stereocenters. The van der Waals surface area contributed by atoms with E-state index in [0.717, 1.165) is 11.8 Å². The minimum absolute atomic E-state index is 0.0898. The Morgan fingerprint density at radius 2 is 2.21 bits per heavy atom. The van der Waals surface area contributed by atoms with Crippen LogP contribution < -0.4 is 10.9 Å². The summed E-state index contributed by atoms with van der Waals surface area (Å²) in [5, 5.41) is 3.54. The van der Waals surface area contributed by atoms with Crippen LogP contribution in [0.5, 0.6) is 0 Å². The number of rotatable bonds is 7. The summed E-state index contributed by atoms with van der Waals surface area (Å²) < 4.78 is 12.0. The summed E-state index contributed by atoms with van der Waals surface area (Å²) in [6.07, 6.45) is 2.11. The minimum atomic E-state index is -0.360. The van der Waals surface area contributed by atoms with Crippen LogP contribution in [0.25, 0.3) is 22.1 Å². The molecule has 0 radical (unpaired) electrons. The fourth-order valence-electron chi connectivity index (χ4n) is 2.48. The summed E-state index contributed by atoms with van der Waals surface area (Å²) in [6.45, 7) is 3.60. The third kappa shape index (κ3) is 3.30. The zero-order valence-electron chi connectivity index (χ0n) is 13.4. The number of nitrogens with one attached hydrogen (secondary N) is 1. The smallest absolute Gasteiger partial charge is 0.297 e. The second kappa shape index (κ2) is 7.27. The lowest BCUT2D eigenvalue weighted by Crippen LogP contribution is -2.33. The van der Waals surface area contributed by atoms with Crippen molar-refractivity contribution in [1.29, 1.82) is 0 Å². The van der Waals surface area contributed by atoms with E-state index >= 15 is 0 Å².